The highest BCUT2D eigenvalue weighted by Gasteiger charge is 2.42. The Labute approximate surface area is 500 Å². The third-order valence-corrected chi connectivity index (χ3v) is 21.0. The van der Waals surface area contributed by atoms with Crippen molar-refractivity contribution in [2.45, 2.75) is 96.8 Å². The zero-order chi connectivity index (χ0) is 57.6. The van der Waals surface area contributed by atoms with Gasteiger partial charge in [-0.2, -0.15) is 0 Å². The van der Waals surface area contributed by atoms with Crippen LogP contribution in [0.4, 0.5) is 34.1 Å². The molecule has 3 nitrogen and oxygen atoms in total. The molecule has 0 amide bonds. The predicted octanol–water partition coefficient (Wildman–Crippen LogP) is 22.1. The Balaban J connectivity index is 0.793. The molecular formula is C80H70N2OS. The molecule has 6 aliphatic rings. The number of hydrogen-bond donors (Lipinski definition) is 0. The first-order valence-corrected chi connectivity index (χ1v) is 30.8. The minimum absolute atomic E-state index is 0.132. The number of hydrogen-bond acceptors (Lipinski definition) is 4. The van der Waals surface area contributed by atoms with Gasteiger partial charge >= 0.3 is 0 Å². The number of methoxy groups -OCH3 is 1. The van der Waals surface area contributed by atoms with Crippen LogP contribution in [0.1, 0.15) is 118 Å². The zero-order valence-electron chi connectivity index (χ0n) is 49.9. The van der Waals surface area contributed by atoms with Crippen molar-refractivity contribution in [2.75, 3.05) is 16.9 Å². The van der Waals surface area contributed by atoms with Crippen LogP contribution in [-0.2, 0) is 21.7 Å². The van der Waals surface area contributed by atoms with Crippen molar-refractivity contribution in [3.05, 3.63) is 280 Å². The number of rotatable bonds is 9. The van der Waals surface area contributed by atoms with Crippen molar-refractivity contribution in [1.82, 2.24) is 0 Å². The van der Waals surface area contributed by atoms with E-state index in [2.05, 4.69) is 291 Å². The van der Waals surface area contributed by atoms with E-state index < -0.39 is 0 Å². The zero-order valence-corrected chi connectivity index (χ0v) is 50.7. The first-order chi connectivity index (χ1) is 40.5. The Morgan fingerprint density at radius 3 is 1.38 bits per heavy atom. The van der Waals surface area contributed by atoms with Crippen molar-refractivity contribution < 1.29 is 4.74 Å². The van der Waals surface area contributed by atoms with Gasteiger partial charge in [-0.15, -0.1) is 11.3 Å². The van der Waals surface area contributed by atoms with Crippen LogP contribution < -0.4 is 14.5 Å². The number of thiophene rings is 1. The summed E-state index contributed by atoms with van der Waals surface area (Å²) in [6, 6.07) is 64.8. The Morgan fingerprint density at radius 2 is 0.845 bits per heavy atom. The van der Waals surface area contributed by atoms with E-state index in [0.717, 1.165) is 73.6 Å². The lowest BCUT2D eigenvalue weighted by atomic mass is 9.80. The van der Waals surface area contributed by atoms with Gasteiger partial charge in [0.15, 0.2) is 0 Å². The molecule has 0 spiro atoms. The van der Waals surface area contributed by atoms with E-state index in [1.165, 1.54) is 94.6 Å². The molecule has 0 fully saturated rings. The van der Waals surface area contributed by atoms with Gasteiger partial charge in [0, 0.05) is 60.7 Å². The summed E-state index contributed by atoms with van der Waals surface area (Å²) >= 11 is 1.79. The molecule has 0 saturated heterocycles. The Bertz CT molecular complexity index is 4460. The van der Waals surface area contributed by atoms with Gasteiger partial charge in [-0.25, -0.2) is 0 Å². The van der Waals surface area contributed by atoms with Crippen molar-refractivity contribution in [2.24, 2.45) is 0 Å². The van der Waals surface area contributed by atoms with Crippen LogP contribution in [0, 0.1) is 6.92 Å². The molecule has 0 bridgehead atoms. The standard InChI is InChI=1S/C80H70N2OS/c1-49-20-19-24-65-64-43-39-57(47-72(64)80(8,9)75(49)65)82(56-37-41-62-59-22-14-12-16-26-67(59)78(4,5)70(62)46-56)53-34-30-51(31-35-53)76-73(83-10)48-74(84-76)50-28-32-52(33-29-50)81(55-38-42-63-60-23-17-18-27-68(60)79(6,7)71(63)45-55)54-36-40-61-58-21-13-11-15-25-66(58)77(2,3)69(61)44-54/h11-12,15-48H,13-14H2,1-10H3. The first-order valence-electron chi connectivity index (χ1n) is 30.0. The minimum atomic E-state index is -0.145. The lowest BCUT2D eigenvalue weighted by molar-refractivity contribution is 0.418. The molecule has 0 unspecified atom stereocenters. The number of allylic oxidation sites excluding steroid dienone is 12. The van der Waals surface area contributed by atoms with E-state index in [1.807, 2.05) is 0 Å². The van der Waals surface area contributed by atoms with Gasteiger partial charge in [0.2, 0.25) is 0 Å². The van der Waals surface area contributed by atoms with E-state index in [4.69, 9.17) is 4.74 Å². The number of benzene rings is 8. The van der Waals surface area contributed by atoms with Gasteiger partial charge in [0.1, 0.15) is 5.75 Å². The molecule has 6 aliphatic carbocycles. The third-order valence-electron chi connectivity index (χ3n) is 19.8. The highest BCUT2D eigenvalue weighted by Crippen LogP contribution is 2.57. The molecular weight excluding hydrogens is 1040 g/mol. The lowest BCUT2D eigenvalue weighted by Crippen LogP contribution is -2.18. The second-order valence-corrected chi connectivity index (χ2v) is 27.0. The molecule has 0 radical (unpaired) electrons. The Morgan fingerprint density at radius 1 is 0.405 bits per heavy atom. The summed E-state index contributed by atoms with van der Waals surface area (Å²) in [5.74, 6) is 0.872. The number of anilines is 6. The predicted molar refractivity (Wildman–Crippen MR) is 357 cm³/mol. The van der Waals surface area contributed by atoms with Crippen LogP contribution in [0.25, 0.3) is 54.3 Å². The number of ether oxygens (including phenoxy) is 1. The Kier molecular flexibility index (Phi) is 11.7. The molecule has 9 aromatic rings. The van der Waals surface area contributed by atoms with E-state index in [-0.39, 0.29) is 21.7 Å². The van der Waals surface area contributed by atoms with Crippen LogP contribution in [0.3, 0.4) is 0 Å². The lowest BCUT2D eigenvalue weighted by Gasteiger charge is -2.30. The average Bonchev–Trinajstić information content (AvgIpc) is 2.71. The maximum Gasteiger partial charge on any atom is 0.138 e. The van der Waals surface area contributed by atoms with E-state index in [1.54, 1.807) is 18.4 Å². The summed E-state index contributed by atoms with van der Waals surface area (Å²) in [6.07, 6.45) is 20.3. The molecule has 84 heavy (non-hydrogen) atoms. The monoisotopic (exact) mass is 1110 g/mol. The SMILES string of the molecule is COc1cc(-c2ccc(N(c3ccc4c(c3)C(C)(C)C3=CC=CCC=C34)c3ccc4c(c3)C(C)(C)c3ccccc3-4)cc2)sc1-c1ccc(N(c2ccc3c(c2)C(C)(C)C2=CC=CCC=C23)c2ccc3c(c2)C(C)(C)c2c(C)cccc2-3)cc1. The quantitative estimate of drug-likeness (QED) is 0.143. The molecule has 0 atom stereocenters. The largest absolute Gasteiger partial charge is 0.495 e. The summed E-state index contributed by atoms with van der Waals surface area (Å²) in [6.45, 7) is 21.3. The molecule has 15 rings (SSSR count). The summed E-state index contributed by atoms with van der Waals surface area (Å²) in [7, 11) is 1.80. The number of fused-ring (bicyclic) bond motifs is 12. The molecule has 412 valence electrons. The number of nitrogens with zero attached hydrogens (tertiary/aromatic N) is 2. The first kappa shape index (κ1) is 52.1. The fraction of sp³-hybridized carbons (Fsp3) is 0.200. The minimum Gasteiger partial charge on any atom is -0.495 e. The summed E-state index contributed by atoms with van der Waals surface area (Å²) in [4.78, 5) is 7.20. The molecule has 0 saturated carbocycles. The molecule has 4 heteroatoms. The van der Waals surface area contributed by atoms with Gasteiger partial charge < -0.3 is 14.5 Å². The van der Waals surface area contributed by atoms with Gasteiger partial charge in [-0.3, -0.25) is 0 Å². The fourth-order valence-electron chi connectivity index (χ4n) is 15.4. The normalized spacial score (nSPS) is 17.2. The van der Waals surface area contributed by atoms with Crippen LogP contribution >= 0.6 is 11.3 Å². The third kappa shape index (κ3) is 7.75. The maximum atomic E-state index is 6.24. The van der Waals surface area contributed by atoms with Crippen LogP contribution in [-0.4, -0.2) is 7.11 Å². The van der Waals surface area contributed by atoms with E-state index in [0.29, 0.717) is 0 Å². The average molecular weight is 1110 g/mol. The second-order valence-electron chi connectivity index (χ2n) is 26.0. The number of aryl methyl sites for hydroxylation is 1. The summed E-state index contributed by atoms with van der Waals surface area (Å²) in [5, 5.41) is 0. The summed E-state index contributed by atoms with van der Waals surface area (Å²) < 4.78 is 6.24. The van der Waals surface area contributed by atoms with Gasteiger partial charge in [-0.05, 0) is 204 Å². The van der Waals surface area contributed by atoms with Crippen LogP contribution in [0.5, 0.6) is 5.75 Å². The molecule has 0 N–H and O–H groups in total. The second kappa shape index (κ2) is 18.9. The van der Waals surface area contributed by atoms with E-state index >= 15 is 0 Å². The van der Waals surface area contributed by atoms with Crippen molar-refractivity contribution in [3.63, 3.8) is 0 Å². The highest BCUT2D eigenvalue weighted by atomic mass is 32.1. The van der Waals surface area contributed by atoms with Crippen molar-refractivity contribution in [3.8, 4) is 48.9 Å². The maximum absolute atomic E-state index is 6.24. The van der Waals surface area contributed by atoms with Gasteiger partial charge in [0.25, 0.3) is 0 Å². The fourth-order valence-corrected chi connectivity index (χ4v) is 16.5. The molecule has 8 aromatic carbocycles. The van der Waals surface area contributed by atoms with Crippen LogP contribution in [0.2, 0.25) is 0 Å². The summed E-state index contributed by atoms with van der Waals surface area (Å²) in [5.41, 5.74) is 31.6. The molecule has 1 aromatic heterocycles. The molecule has 0 aliphatic heterocycles. The van der Waals surface area contributed by atoms with Gasteiger partial charge in [0.05, 0.1) is 12.0 Å². The van der Waals surface area contributed by atoms with Crippen molar-refractivity contribution in [1.29, 1.82) is 0 Å². The van der Waals surface area contributed by atoms with E-state index in [9.17, 15) is 0 Å². The van der Waals surface area contributed by atoms with Gasteiger partial charge in [-0.1, -0.05) is 195 Å². The van der Waals surface area contributed by atoms with Crippen molar-refractivity contribution >= 4 is 56.6 Å². The molecule has 1 heterocycles. The smallest absolute Gasteiger partial charge is 0.138 e. The topological polar surface area (TPSA) is 15.7 Å². The van der Waals surface area contributed by atoms with Crippen LogP contribution in [0.15, 0.2) is 230 Å². The Hall–Kier alpha value is -8.70. The highest BCUT2D eigenvalue weighted by molar-refractivity contribution is 7.19.